The van der Waals surface area contributed by atoms with Gasteiger partial charge in [0, 0.05) is 52.9 Å². The van der Waals surface area contributed by atoms with Gasteiger partial charge in [0.15, 0.2) is 0 Å². The van der Waals surface area contributed by atoms with Crippen LogP contribution < -0.4 is 4.90 Å². The number of rotatable bonds is 16. The zero-order valence-corrected chi connectivity index (χ0v) is 30.0. The van der Waals surface area contributed by atoms with Crippen LogP contribution in [0.3, 0.4) is 0 Å². The van der Waals surface area contributed by atoms with Gasteiger partial charge in [-0.2, -0.15) is 0 Å². The van der Waals surface area contributed by atoms with Crippen molar-refractivity contribution < 1.29 is 14.4 Å². The summed E-state index contributed by atoms with van der Waals surface area (Å²) in [5, 5.41) is 0. The molecule has 0 N–H and O–H groups in total. The van der Waals surface area contributed by atoms with E-state index in [1.165, 1.54) is 5.56 Å². The van der Waals surface area contributed by atoms with Crippen LogP contribution in [0.4, 0.5) is 21.0 Å². The van der Waals surface area contributed by atoms with E-state index in [0.717, 1.165) is 56.4 Å². The van der Waals surface area contributed by atoms with Gasteiger partial charge in [-0.15, -0.1) is 0 Å². The number of carbonyl (C=O) groups is 3. The summed E-state index contributed by atoms with van der Waals surface area (Å²) in [4.78, 5) is 54.1. The Balaban J connectivity index is 1.58. The topological polar surface area (TPSA) is 70.7 Å². The Kier molecular flexibility index (Phi) is 15.0. The fourth-order valence-electron chi connectivity index (χ4n) is 6.32. The van der Waals surface area contributed by atoms with E-state index in [4.69, 9.17) is 0 Å². The number of carbonyl (C=O) groups excluding carboxylic acids is 3. The molecule has 264 valence electrons. The lowest BCUT2D eigenvalue weighted by atomic mass is 10.1. The molecule has 1 atom stereocenters. The second kappa shape index (κ2) is 19.6. The summed E-state index contributed by atoms with van der Waals surface area (Å²) in [6.45, 7) is 8.47. The molecule has 3 aromatic carbocycles. The van der Waals surface area contributed by atoms with Crippen LogP contribution in [0.25, 0.3) is 0 Å². The molecule has 0 spiro atoms. The lowest BCUT2D eigenvalue weighted by Crippen LogP contribution is -2.64. The first kappa shape index (κ1) is 37.4. The van der Waals surface area contributed by atoms with Crippen molar-refractivity contribution in [2.75, 3.05) is 64.8 Å². The van der Waals surface area contributed by atoms with E-state index in [1.54, 1.807) is 26.6 Å². The Hall–Kier alpha value is -4.37. The van der Waals surface area contributed by atoms with Crippen LogP contribution in [0.2, 0.25) is 0 Å². The highest BCUT2D eigenvalue weighted by atomic mass is 16.2. The number of hydrogen-bond donors (Lipinski definition) is 0. The Morgan fingerprint density at radius 2 is 1.18 bits per heavy atom. The molecule has 9 heteroatoms. The van der Waals surface area contributed by atoms with Crippen molar-refractivity contribution in [2.45, 2.75) is 65.0 Å². The molecule has 0 radical (unpaired) electrons. The Bertz CT molecular complexity index is 1370. The van der Waals surface area contributed by atoms with Crippen LogP contribution >= 0.6 is 0 Å². The lowest BCUT2D eigenvalue weighted by Gasteiger charge is -2.44. The maximum atomic E-state index is 14.6. The van der Waals surface area contributed by atoms with Crippen molar-refractivity contribution in [3.8, 4) is 0 Å². The van der Waals surface area contributed by atoms with Gasteiger partial charge in [-0.1, -0.05) is 106 Å². The molecule has 1 saturated heterocycles. The Morgan fingerprint density at radius 3 is 1.71 bits per heavy atom. The minimum absolute atomic E-state index is 0.0367. The van der Waals surface area contributed by atoms with Crippen LogP contribution in [-0.4, -0.2) is 108 Å². The first-order valence-corrected chi connectivity index (χ1v) is 18.1. The Morgan fingerprint density at radius 1 is 0.653 bits per heavy atom. The highest BCUT2D eigenvalue weighted by Gasteiger charge is 2.41. The number of para-hydroxylation sites is 2. The number of likely N-dealkylation sites (N-methyl/N-ethyl adjacent to an activating group) is 2. The number of urea groups is 2. The molecule has 4 rings (SSSR count). The molecule has 49 heavy (non-hydrogen) atoms. The molecule has 0 unspecified atom stereocenters. The fraction of sp³-hybridized carbons (Fsp3) is 0.475. The number of nitrogens with zero attached hydrogens (tertiary/aromatic N) is 6. The summed E-state index contributed by atoms with van der Waals surface area (Å²) in [5.74, 6) is -0.163. The van der Waals surface area contributed by atoms with E-state index in [1.807, 2.05) is 90.8 Å². The zero-order chi connectivity index (χ0) is 35.0. The lowest BCUT2D eigenvalue weighted by molar-refractivity contribution is -0.136. The molecule has 1 aliphatic rings. The molecule has 0 aliphatic carbocycles. The molecular formula is C40H56N6O3. The molecule has 3 aromatic rings. The van der Waals surface area contributed by atoms with Crippen LogP contribution in [0.15, 0.2) is 91.0 Å². The van der Waals surface area contributed by atoms with E-state index in [9.17, 15) is 14.4 Å². The number of hydrogen-bond acceptors (Lipinski definition) is 4. The maximum absolute atomic E-state index is 14.6. The fourth-order valence-corrected chi connectivity index (χ4v) is 6.32. The molecule has 9 nitrogen and oxygen atoms in total. The summed E-state index contributed by atoms with van der Waals surface area (Å²) >= 11 is 0. The standard InChI is InChI=1S/C40H56N6O3/c1-5-7-18-26-43(27-19-8-6-2)39(48)44-30-31-45(40(49)46(35-22-14-10-15-23-35)36-24-16-11-17-25-36)37(33-44)38(47)42(4)29-28-41(3)32-34-20-12-9-13-21-34/h9-17,20-25,37H,5-8,18-19,26-33H2,1-4H3/t37-/m0/s1. The van der Waals surface area contributed by atoms with Gasteiger partial charge < -0.3 is 24.5 Å². The average Bonchev–Trinajstić information content (AvgIpc) is 3.14. The van der Waals surface area contributed by atoms with Crippen molar-refractivity contribution in [2.24, 2.45) is 0 Å². The molecule has 1 heterocycles. The normalized spacial score (nSPS) is 14.5. The predicted octanol–water partition coefficient (Wildman–Crippen LogP) is 7.32. The molecule has 0 bridgehead atoms. The van der Waals surface area contributed by atoms with E-state index >= 15 is 0 Å². The maximum Gasteiger partial charge on any atom is 0.329 e. The number of anilines is 2. The van der Waals surface area contributed by atoms with Gasteiger partial charge in [0.2, 0.25) is 5.91 Å². The molecular weight excluding hydrogens is 612 g/mol. The van der Waals surface area contributed by atoms with Gasteiger partial charge in [-0.05, 0) is 49.7 Å². The zero-order valence-electron chi connectivity index (χ0n) is 30.0. The smallest absolute Gasteiger partial charge is 0.329 e. The third-order valence-corrected chi connectivity index (χ3v) is 9.22. The van der Waals surface area contributed by atoms with Crippen molar-refractivity contribution in [1.29, 1.82) is 0 Å². The van der Waals surface area contributed by atoms with E-state index < -0.39 is 6.04 Å². The molecule has 1 fully saturated rings. The van der Waals surface area contributed by atoms with E-state index in [2.05, 4.69) is 30.9 Å². The van der Waals surface area contributed by atoms with Gasteiger partial charge in [0.1, 0.15) is 6.04 Å². The highest BCUT2D eigenvalue weighted by molar-refractivity contribution is 6.01. The minimum Gasteiger partial charge on any atom is -0.343 e. The second-order valence-corrected chi connectivity index (χ2v) is 13.1. The largest absolute Gasteiger partial charge is 0.343 e. The molecule has 1 aliphatic heterocycles. The van der Waals surface area contributed by atoms with Crippen LogP contribution in [0.5, 0.6) is 0 Å². The summed E-state index contributed by atoms with van der Waals surface area (Å²) in [6, 6.07) is 28.2. The second-order valence-electron chi connectivity index (χ2n) is 13.1. The third kappa shape index (κ3) is 10.8. The van der Waals surface area contributed by atoms with Crippen molar-refractivity contribution in [1.82, 2.24) is 24.5 Å². The van der Waals surface area contributed by atoms with Gasteiger partial charge in [-0.3, -0.25) is 9.69 Å². The highest BCUT2D eigenvalue weighted by Crippen LogP contribution is 2.28. The van der Waals surface area contributed by atoms with Gasteiger partial charge in [-0.25, -0.2) is 9.59 Å². The quantitative estimate of drug-likeness (QED) is 0.150. The number of benzene rings is 3. The average molecular weight is 669 g/mol. The molecule has 5 amide bonds. The van der Waals surface area contributed by atoms with Gasteiger partial charge in [0.05, 0.1) is 17.9 Å². The van der Waals surface area contributed by atoms with Crippen molar-refractivity contribution in [3.05, 3.63) is 96.6 Å². The number of piperazine rings is 1. The third-order valence-electron chi connectivity index (χ3n) is 9.22. The predicted molar refractivity (Wildman–Crippen MR) is 199 cm³/mol. The van der Waals surface area contributed by atoms with Crippen LogP contribution in [0.1, 0.15) is 57.9 Å². The summed E-state index contributed by atoms with van der Waals surface area (Å²) < 4.78 is 0. The minimum atomic E-state index is -0.822. The summed E-state index contributed by atoms with van der Waals surface area (Å²) in [5.41, 5.74) is 2.65. The number of amides is 5. The first-order valence-electron chi connectivity index (χ1n) is 18.1. The van der Waals surface area contributed by atoms with Gasteiger partial charge in [0.25, 0.3) is 0 Å². The van der Waals surface area contributed by atoms with Crippen LogP contribution in [0, 0.1) is 0 Å². The SMILES string of the molecule is CCCCCN(CCCCC)C(=O)N1CCN(C(=O)N(c2ccccc2)c2ccccc2)[C@H](C(=O)N(C)CCN(C)Cc2ccccc2)C1. The van der Waals surface area contributed by atoms with E-state index in [-0.39, 0.29) is 31.1 Å². The summed E-state index contributed by atoms with van der Waals surface area (Å²) in [7, 11) is 3.85. The van der Waals surface area contributed by atoms with Gasteiger partial charge >= 0.3 is 12.1 Å². The molecule has 0 saturated carbocycles. The molecule has 0 aromatic heterocycles. The first-order chi connectivity index (χ1) is 23.8. The van der Waals surface area contributed by atoms with Crippen molar-refractivity contribution >= 4 is 29.3 Å². The van der Waals surface area contributed by atoms with E-state index in [0.29, 0.717) is 32.7 Å². The van der Waals surface area contributed by atoms with Crippen molar-refractivity contribution in [3.63, 3.8) is 0 Å². The number of unbranched alkanes of at least 4 members (excludes halogenated alkanes) is 4. The Labute approximate surface area is 294 Å². The summed E-state index contributed by atoms with van der Waals surface area (Å²) in [6.07, 6.45) is 6.22. The monoisotopic (exact) mass is 668 g/mol. The van der Waals surface area contributed by atoms with Crippen LogP contribution in [-0.2, 0) is 11.3 Å².